The third kappa shape index (κ3) is 4.23. The van der Waals surface area contributed by atoms with Crippen LogP contribution in [0.4, 0.5) is 5.82 Å². The summed E-state index contributed by atoms with van der Waals surface area (Å²) in [5, 5.41) is 3.36. The summed E-state index contributed by atoms with van der Waals surface area (Å²) in [4.78, 5) is 9.32. The summed E-state index contributed by atoms with van der Waals surface area (Å²) in [5.41, 5.74) is 1.54. The average molecular weight is 303 g/mol. The van der Waals surface area contributed by atoms with E-state index >= 15 is 0 Å². The van der Waals surface area contributed by atoms with Crippen molar-refractivity contribution in [3.63, 3.8) is 0 Å². The van der Waals surface area contributed by atoms with Crippen LogP contribution >= 0.6 is 0 Å². The summed E-state index contributed by atoms with van der Waals surface area (Å²) in [7, 11) is 1.63. The SMILES string of the molecule is COc1ccc2oc(=NC(C)(C)C)c(NC(C)(C)C)nc2c1. The van der Waals surface area contributed by atoms with Crippen LogP contribution < -0.4 is 15.6 Å². The molecule has 0 aliphatic carbocycles. The van der Waals surface area contributed by atoms with Gasteiger partial charge in [0.15, 0.2) is 11.4 Å². The number of benzene rings is 1. The highest BCUT2D eigenvalue weighted by Crippen LogP contribution is 2.20. The minimum Gasteiger partial charge on any atom is -0.497 e. The van der Waals surface area contributed by atoms with Gasteiger partial charge in [0.25, 0.3) is 5.55 Å². The summed E-state index contributed by atoms with van der Waals surface area (Å²) >= 11 is 0. The van der Waals surface area contributed by atoms with Gasteiger partial charge in [-0.2, -0.15) is 0 Å². The van der Waals surface area contributed by atoms with Crippen LogP contribution in [-0.4, -0.2) is 23.2 Å². The molecule has 1 aromatic carbocycles. The lowest BCUT2D eigenvalue weighted by molar-refractivity contribution is 0.414. The molecule has 1 aromatic heterocycles. The van der Waals surface area contributed by atoms with E-state index in [0.717, 1.165) is 11.3 Å². The molecule has 0 atom stereocenters. The van der Waals surface area contributed by atoms with Gasteiger partial charge < -0.3 is 14.5 Å². The van der Waals surface area contributed by atoms with Gasteiger partial charge in [-0.15, -0.1) is 0 Å². The van der Waals surface area contributed by atoms with Crippen LogP contribution in [0.2, 0.25) is 0 Å². The zero-order valence-electron chi connectivity index (χ0n) is 14.4. The highest BCUT2D eigenvalue weighted by Gasteiger charge is 2.16. The Balaban J connectivity index is 2.70. The monoisotopic (exact) mass is 303 g/mol. The normalized spacial score (nSPS) is 13.5. The first-order valence-corrected chi connectivity index (χ1v) is 7.40. The number of aromatic nitrogens is 1. The Morgan fingerprint density at radius 3 is 2.36 bits per heavy atom. The van der Waals surface area contributed by atoms with E-state index < -0.39 is 0 Å². The lowest BCUT2D eigenvalue weighted by Crippen LogP contribution is -2.31. The number of anilines is 1. The van der Waals surface area contributed by atoms with Gasteiger partial charge in [0.2, 0.25) is 0 Å². The molecule has 1 heterocycles. The molecule has 0 unspecified atom stereocenters. The lowest BCUT2D eigenvalue weighted by Gasteiger charge is -2.21. The first-order chi connectivity index (χ1) is 10.1. The Labute approximate surface area is 131 Å². The molecule has 0 fully saturated rings. The van der Waals surface area contributed by atoms with Gasteiger partial charge in [0.05, 0.1) is 12.6 Å². The van der Waals surface area contributed by atoms with Crippen molar-refractivity contribution in [1.29, 1.82) is 0 Å². The van der Waals surface area contributed by atoms with Crippen molar-refractivity contribution in [2.45, 2.75) is 52.6 Å². The number of ether oxygens (including phenoxy) is 1. The third-order valence-electron chi connectivity index (χ3n) is 2.74. The minimum absolute atomic E-state index is 0.142. The van der Waals surface area contributed by atoms with Crippen molar-refractivity contribution >= 4 is 16.9 Å². The van der Waals surface area contributed by atoms with Gasteiger partial charge in [0, 0.05) is 11.6 Å². The fourth-order valence-electron chi connectivity index (χ4n) is 1.94. The molecule has 0 amide bonds. The summed E-state index contributed by atoms with van der Waals surface area (Å²) in [6.45, 7) is 12.3. The Morgan fingerprint density at radius 1 is 1.14 bits per heavy atom. The predicted octanol–water partition coefficient (Wildman–Crippen LogP) is 3.75. The molecule has 2 aromatic rings. The average Bonchev–Trinajstić information content (AvgIpc) is 2.35. The molecule has 5 nitrogen and oxygen atoms in total. The third-order valence-corrected chi connectivity index (χ3v) is 2.74. The zero-order chi connectivity index (χ0) is 16.5. The molecule has 0 bridgehead atoms. The Hall–Kier alpha value is -2.04. The van der Waals surface area contributed by atoms with Crippen molar-refractivity contribution in [3.8, 4) is 5.75 Å². The van der Waals surface area contributed by atoms with E-state index in [0.29, 0.717) is 17.0 Å². The Kier molecular flexibility index (Phi) is 4.18. The number of hydrogen-bond donors (Lipinski definition) is 1. The van der Waals surface area contributed by atoms with Crippen molar-refractivity contribution in [3.05, 3.63) is 23.8 Å². The van der Waals surface area contributed by atoms with Crippen molar-refractivity contribution in [2.75, 3.05) is 12.4 Å². The van der Waals surface area contributed by atoms with E-state index in [9.17, 15) is 0 Å². The van der Waals surface area contributed by atoms with Crippen LogP contribution in [-0.2, 0) is 0 Å². The molecule has 0 spiro atoms. The highest BCUT2D eigenvalue weighted by atomic mass is 16.5. The predicted molar refractivity (Wildman–Crippen MR) is 89.3 cm³/mol. The number of nitrogens with zero attached hydrogens (tertiary/aromatic N) is 2. The van der Waals surface area contributed by atoms with Crippen molar-refractivity contribution in [2.24, 2.45) is 4.99 Å². The first-order valence-electron chi connectivity index (χ1n) is 7.40. The molecule has 0 aliphatic heterocycles. The van der Waals surface area contributed by atoms with Crippen LogP contribution in [0.15, 0.2) is 27.6 Å². The van der Waals surface area contributed by atoms with Gasteiger partial charge in [-0.05, 0) is 53.7 Å². The first kappa shape index (κ1) is 16.3. The second kappa shape index (κ2) is 5.63. The maximum atomic E-state index is 5.97. The molecule has 5 heteroatoms. The van der Waals surface area contributed by atoms with E-state index in [1.807, 2.05) is 39.0 Å². The van der Waals surface area contributed by atoms with Gasteiger partial charge in [-0.3, -0.25) is 0 Å². The molecule has 0 radical (unpaired) electrons. The van der Waals surface area contributed by atoms with E-state index in [1.54, 1.807) is 7.11 Å². The summed E-state index contributed by atoms with van der Waals surface area (Å²) < 4.78 is 11.2. The van der Waals surface area contributed by atoms with Gasteiger partial charge in [-0.1, -0.05) is 0 Å². The summed E-state index contributed by atoms with van der Waals surface area (Å²) in [5.74, 6) is 1.39. The number of nitrogens with one attached hydrogen (secondary N) is 1. The molecule has 120 valence electrons. The largest absolute Gasteiger partial charge is 0.497 e. The standard InChI is InChI=1S/C17H25N3O2/c1-16(2,3)19-14-15(20-17(4,5)6)22-13-9-8-11(21-7)10-12(13)18-14/h8-10H,1-7H3,(H,18,19). The Bertz CT molecular complexity index is 734. The van der Waals surface area contributed by atoms with Crippen LogP contribution in [0.5, 0.6) is 5.75 Å². The van der Waals surface area contributed by atoms with Crippen molar-refractivity contribution < 1.29 is 9.15 Å². The molecular weight excluding hydrogens is 278 g/mol. The lowest BCUT2D eigenvalue weighted by atomic mass is 10.1. The number of hydrogen-bond acceptors (Lipinski definition) is 5. The van der Waals surface area contributed by atoms with Crippen LogP contribution in [0.1, 0.15) is 41.5 Å². The fourth-order valence-corrected chi connectivity index (χ4v) is 1.94. The van der Waals surface area contributed by atoms with Crippen LogP contribution in [0.25, 0.3) is 11.1 Å². The fraction of sp³-hybridized carbons (Fsp3) is 0.529. The highest BCUT2D eigenvalue weighted by molar-refractivity contribution is 5.75. The van der Waals surface area contributed by atoms with Gasteiger partial charge >= 0.3 is 0 Å². The van der Waals surface area contributed by atoms with Crippen LogP contribution in [0, 0.1) is 0 Å². The van der Waals surface area contributed by atoms with Gasteiger partial charge in [0.1, 0.15) is 11.3 Å². The van der Waals surface area contributed by atoms with E-state index in [1.165, 1.54) is 0 Å². The molecule has 22 heavy (non-hydrogen) atoms. The maximum Gasteiger partial charge on any atom is 0.258 e. The molecule has 2 rings (SSSR count). The summed E-state index contributed by atoms with van der Waals surface area (Å²) in [6.07, 6.45) is 0. The van der Waals surface area contributed by atoms with Crippen LogP contribution in [0.3, 0.4) is 0 Å². The Morgan fingerprint density at radius 2 is 1.82 bits per heavy atom. The smallest absolute Gasteiger partial charge is 0.258 e. The molecular formula is C17H25N3O2. The molecule has 1 N–H and O–H groups in total. The number of rotatable bonds is 2. The quantitative estimate of drug-likeness (QED) is 0.918. The van der Waals surface area contributed by atoms with E-state index in [4.69, 9.17) is 9.15 Å². The minimum atomic E-state index is -0.250. The molecule has 0 saturated heterocycles. The maximum absolute atomic E-state index is 5.97. The molecule has 0 aliphatic rings. The van der Waals surface area contributed by atoms with Gasteiger partial charge in [-0.25, -0.2) is 9.98 Å². The number of methoxy groups -OCH3 is 1. The second-order valence-electron chi connectivity index (χ2n) is 7.36. The van der Waals surface area contributed by atoms with Crippen molar-refractivity contribution in [1.82, 2.24) is 4.98 Å². The number of fused-ring (bicyclic) bond motifs is 1. The van der Waals surface area contributed by atoms with E-state index in [2.05, 4.69) is 36.1 Å². The topological polar surface area (TPSA) is 59.7 Å². The second-order valence-corrected chi connectivity index (χ2v) is 7.36. The molecule has 0 saturated carbocycles. The van der Waals surface area contributed by atoms with E-state index in [-0.39, 0.29) is 11.1 Å². The zero-order valence-corrected chi connectivity index (χ0v) is 14.4. The summed E-state index contributed by atoms with van der Waals surface area (Å²) in [6, 6.07) is 5.56.